The Hall–Kier alpha value is -2.17. The Labute approximate surface area is 116 Å². The zero-order chi connectivity index (χ0) is 14.9. The number of benzene rings is 1. The Kier molecular flexibility index (Phi) is 3.88. The smallest absolute Gasteiger partial charge is 0.373 e. The standard InChI is InChI=1S/C15H16FNO3/c1-8(2)7-11-13(15(18)19)20-14(17-11)10-6-4-5-9(3)12(10)16/h4-6,8H,7H2,1-3H3,(H,18,19). The van der Waals surface area contributed by atoms with Gasteiger partial charge in [-0.1, -0.05) is 26.0 Å². The molecule has 4 nitrogen and oxygen atoms in total. The molecule has 0 saturated carbocycles. The van der Waals surface area contributed by atoms with Gasteiger partial charge in [-0.15, -0.1) is 0 Å². The van der Waals surface area contributed by atoms with E-state index in [4.69, 9.17) is 9.52 Å². The second kappa shape index (κ2) is 5.45. The SMILES string of the molecule is Cc1cccc(-c2nc(CC(C)C)c(C(=O)O)o2)c1F. The molecule has 1 aromatic carbocycles. The molecule has 0 aliphatic carbocycles. The maximum Gasteiger partial charge on any atom is 0.373 e. The second-order valence-electron chi connectivity index (χ2n) is 5.13. The maximum absolute atomic E-state index is 14.0. The van der Waals surface area contributed by atoms with Crippen LogP contribution in [0.25, 0.3) is 11.5 Å². The van der Waals surface area contributed by atoms with Crippen molar-refractivity contribution < 1.29 is 18.7 Å². The molecule has 0 atom stereocenters. The number of nitrogens with zero attached hydrogens (tertiary/aromatic N) is 1. The minimum atomic E-state index is -1.19. The van der Waals surface area contributed by atoms with E-state index in [0.717, 1.165) is 0 Å². The van der Waals surface area contributed by atoms with Crippen LogP contribution in [0.3, 0.4) is 0 Å². The van der Waals surface area contributed by atoms with Gasteiger partial charge >= 0.3 is 5.97 Å². The summed E-state index contributed by atoms with van der Waals surface area (Å²) in [5.74, 6) is -1.60. The molecule has 0 fully saturated rings. The minimum absolute atomic E-state index is 0.0132. The van der Waals surface area contributed by atoms with E-state index < -0.39 is 11.8 Å². The van der Waals surface area contributed by atoms with Gasteiger partial charge in [0.25, 0.3) is 0 Å². The number of rotatable bonds is 4. The maximum atomic E-state index is 14.0. The van der Waals surface area contributed by atoms with Crippen molar-refractivity contribution in [2.24, 2.45) is 5.92 Å². The second-order valence-corrected chi connectivity index (χ2v) is 5.13. The van der Waals surface area contributed by atoms with Crippen LogP contribution >= 0.6 is 0 Å². The Morgan fingerprint density at radius 2 is 2.15 bits per heavy atom. The highest BCUT2D eigenvalue weighted by Gasteiger charge is 2.22. The van der Waals surface area contributed by atoms with Crippen molar-refractivity contribution in [2.75, 3.05) is 0 Å². The van der Waals surface area contributed by atoms with Gasteiger partial charge in [-0.05, 0) is 30.9 Å². The molecule has 2 aromatic rings. The normalized spacial score (nSPS) is 11.1. The number of aryl methyl sites for hydroxylation is 1. The van der Waals surface area contributed by atoms with Crippen molar-refractivity contribution in [3.63, 3.8) is 0 Å². The lowest BCUT2D eigenvalue weighted by molar-refractivity contribution is 0.0661. The lowest BCUT2D eigenvalue weighted by Crippen LogP contribution is -2.03. The molecule has 0 bridgehead atoms. The topological polar surface area (TPSA) is 63.3 Å². The Morgan fingerprint density at radius 3 is 2.75 bits per heavy atom. The van der Waals surface area contributed by atoms with Gasteiger partial charge in [-0.3, -0.25) is 0 Å². The van der Waals surface area contributed by atoms with Gasteiger partial charge in [0.1, 0.15) is 5.82 Å². The number of oxazole rings is 1. The van der Waals surface area contributed by atoms with Crippen molar-refractivity contribution >= 4 is 5.97 Å². The molecule has 0 aliphatic heterocycles. The first kappa shape index (κ1) is 14.2. The third kappa shape index (κ3) is 2.71. The van der Waals surface area contributed by atoms with E-state index in [1.165, 1.54) is 6.07 Å². The predicted octanol–water partition coefficient (Wildman–Crippen LogP) is 3.69. The van der Waals surface area contributed by atoms with E-state index in [2.05, 4.69) is 4.98 Å². The molecule has 0 aliphatic rings. The van der Waals surface area contributed by atoms with Gasteiger partial charge in [0.2, 0.25) is 11.7 Å². The lowest BCUT2D eigenvalue weighted by Gasteiger charge is -2.01. The van der Waals surface area contributed by atoms with Crippen molar-refractivity contribution in [2.45, 2.75) is 27.2 Å². The quantitative estimate of drug-likeness (QED) is 0.925. The molecule has 5 heteroatoms. The molecule has 0 saturated heterocycles. The first-order valence-electron chi connectivity index (χ1n) is 6.38. The largest absolute Gasteiger partial charge is 0.475 e. The highest BCUT2D eigenvalue weighted by Crippen LogP contribution is 2.27. The summed E-state index contributed by atoms with van der Waals surface area (Å²) >= 11 is 0. The molecule has 0 spiro atoms. The van der Waals surface area contributed by atoms with Crippen molar-refractivity contribution in [3.05, 3.63) is 41.0 Å². The number of carboxylic acid groups (broad SMARTS) is 1. The van der Waals surface area contributed by atoms with Crippen LogP contribution in [0.15, 0.2) is 22.6 Å². The van der Waals surface area contributed by atoms with E-state index in [-0.39, 0.29) is 23.1 Å². The fourth-order valence-corrected chi connectivity index (χ4v) is 1.97. The van der Waals surface area contributed by atoms with Crippen molar-refractivity contribution in [1.29, 1.82) is 0 Å². The zero-order valence-corrected chi connectivity index (χ0v) is 11.6. The van der Waals surface area contributed by atoms with Crippen LogP contribution in [0.4, 0.5) is 4.39 Å². The summed E-state index contributed by atoms with van der Waals surface area (Å²) in [5, 5.41) is 9.14. The van der Waals surface area contributed by atoms with Crippen LogP contribution in [0.1, 0.15) is 35.7 Å². The van der Waals surface area contributed by atoms with Gasteiger partial charge in [0.05, 0.1) is 11.3 Å². The van der Waals surface area contributed by atoms with Crippen LogP contribution in [-0.2, 0) is 6.42 Å². The molecule has 1 aromatic heterocycles. The van der Waals surface area contributed by atoms with E-state index in [9.17, 15) is 9.18 Å². The molecular formula is C15H16FNO3. The lowest BCUT2D eigenvalue weighted by atomic mass is 10.1. The fourth-order valence-electron chi connectivity index (χ4n) is 1.97. The summed E-state index contributed by atoms with van der Waals surface area (Å²) < 4.78 is 19.3. The summed E-state index contributed by atoms with van der Waals surface area (Å²) in [6.07, 6.45) is 0.471. The van der Waals surface area contributed by atoms with Gasteiger partial charge < -0.3 is 9.52 Å². The summed E-state index contributed by atoms with van der Waals surface area (Å²) in [7, 11) is 0. The highest BCUT2D eigenvalue weighted by molar-refractivity contribution is 5.86. The monoisotopic (exact) mass is 277 g/mol. The highest BCUT2D eigenvalue weighted by atomic mass is 19.1. The Morgan fingerprint density at radius 1 is 1.45 bits per heavy atom. The third-order valence-electron chi connectivity index (χ3n) is 2.92. The van der Waals surface area contributed by atoms with Crippen molar-refractivity contribution in [1.82, 2.24) is 4.98 Å². The minimum Gasteiger partial charge on any atom is -0.475 e. The number of carboxylic acids is 1. The molecule has 0 unspecified atom stereocenters. The molecule has 2 rings (SSSR count). The van der Waals surface area contributed by atoms with Gasteiger partial charge in [0, 0.05) is 0 Å². The summed E-state index contributed by atoms with van der Waals surface area (Å²) in [6, 6.07) is 4.84. The average molecular weight is 277 g/mol. The van der Waals surface area contributed by atoms with Crippen LogP contribution in [-0.4, -0.2) is 16.1 Å². The molecule has 0 radical (unpaired) electrons. The zero-order valence-electron chi connectivity index (χ0n) is 11.6. The first-order valence-corrected chi connectivity index (χ1v) is 6.38. The third-order valence-corrected chi connectivity index (χ3v) is 2.92. The van der Waals surface area contributed by atoms with E-state index in [1.807, 2.05) is 13.8 Å². The van der Waals surface area contributed by atoms with Crippen LogP contribution in [0.2, 0.25) is 0 Å². The molecule has 0 amide bonds. The molecule has 1 heterocycles. The van der Waals surface area contributed by atoms with E-state index in [1.54, 1.807) is 19.1 Å². The number of aromatic carboxylic acids is 1. The number of hydrogen-bond acceptors (Lipinski definition) is 3. The van der Waals surface area contributed by atoms with Gasteiger partial charge in [-0.2, -0.15) is 0 Å². The van der Waals surface area contributed by atoms with E-state index >= 15 is 0 Å². The van der Waals surface area contributed by atoms with E-state index in [0.29, 0.717) is 17.7 Å². The summed E-state index contributed by atoms with van der Waals surface area (Å²) in [5.41, 5.74) is 0.994. The van der Waals surface area contributed by atoms with Gasteiger partial charge in [-0.25, -0.2) is 14.2 Å². The Bertz CT molecular complexity index is 647. The molecule has 20 heavy (non-hydrogen) atoms. The molecule has 106 valence electrons. The Balaban J connectivity index is 2.53. The predicted molar refractivity (Wildman–Crippen MR) is 72.1 cm³/mol. The number of halogens is 1. The molecule has 1 N–H and O–H groups in total. The number of aromatic nitrogens is 1. The van der Waals surface area contributed by atoms with Gasteiger partial charge in [0.15, 0.2) is 0 Å². The summed E-state index contributed by atoms with van der Waals surface area (Å²) in [4.78, 5) is 15.3. The molecular weight excluding hydrogens is 261 g/mol. The van der Waals surface area contributed by atoms with Crippen LogP contribution in [0, 0.1) is 18.7 Å². The summed E-state index contributed by atoms with van der Waals surface area (Å²) in [6.45, 7) is 5.54. The fraction of sp³-hybridized carbons (Fsp3) is 0.333. The van der Waals surface area contributed by atoms with Crippen LogP contribution in [0.5, 0.6) is 0 Å². The first-order chi connectivity index (χ1) is 9.40. The average Bonchev–Trinajstić information content (AvgIpc) is 2.75. The van der Waals surface area contributed by atoms with Crippen molar-refractivity contribution in [3.8, 4) is 11.5 Å². The van der Waals surface area contributed by atoms with Crippen LogP contribution < -0.4 is 0 Å². The number of carbonyl (C=O) groups is 1. The number of hydrogen-bond donors (Lipinski definition) is 1.